The summed E-state index contributed by atoms with van der Waals surface area (Å²) in [6, 6.07) is 4.78. The van der Waals surface area contributed by atoms with Crippen LogP contribution in [0.3, 0.4) is 0 Å². The molecule has 20 heavy (non-hydrogen) atoms. The van der Waals surface area contributed by atoms with Gasteiger partial charge in [-0.3, -0.25) is 0 Å². The fraction of sp³-hybridized carbons (Fsp3) is 0.308. The van der Waals surface area contributed by atoms with Crippen LogP contribution < -0.4 is 0 Å². The first kappa shape index (κ1) is 15.8. The van der Waals surface area contributed by atoms with E-state index >= 15 is 0 Å². The SMILES string of the molecule is Cc1cccc(C(=O)OC(=O)C(O)C(O)C(=O)O)c1C. The van der Waals surface area contributed by atoms with Crippen molar-refractivity contribution < 1.29 is 34.4 Å². The van der Waals surface area contributed by atoms with E-state index in [2.05, 4.69) is 4.74 Å². The molecular weight excluding hydrogens is 268 g/mol. The number of carbonyl (C=O) groups is 3. The summed E-state index contributed by atoms with van der Waals surface area (Å²) in [5.41, 5.74) is 1.52. The first-order valence-electron chi connectivity index (χ1n) is 5.67. The highest BCUT2D eigenvalue weighted by molar-refractivity contribution is 6.00. The molecule has 0 saturated heterocycles. The van der Waals surface area contributed by atoms with Crippen molar-refractivity contribution in [3.63, 3.8) is 0 Å². The highest BCUT2D eigenvalue weighted by Gasteiger charge is 2.33. The summed E-state index contributed by atoms with van der Waals surface area (Å²) < 4.78 is 4.35. The Kier molecular flexibility index (Phi) is 4.95. The van der Waals surface area contributed by atoms with Gasteiger partial charge in [0.2, 0.25) is 0 Å². The van der Waals surface area contributed by atoms with Crippen LogP contribution in [0.25, 0.3) is 0 Å². The van der Waals surface area contributed by atoms with Gasteiger partial charge in [0.25, 0.3) is 0 Å². The molecule has 1 aromatic rings. The molecule has 0 spiro atoms. The van der Waals surface area contributed by atoms with Crippen molar-refractivity contribution in [2.45, 2.75) is 26.1 Å². The first-order valence-corrected chi connectivity index (χ1v) is 5.67. The summed E-state index contributed by atoms with van der Waals surface area (Å²) in [5.74, 6) is -4.34. The lowest BCUT2D eigenvalue weighted by Gasteiger charge is -2.13. The number of esters is 2. The van der Waals surface area contributed by atoms with E-state index in [1.54, 1.807) is 26.0 Å². The molecule has 7 nitrogen and oxygen atoms in total. The van der Waals surface area contributed by atoms with Crippen molar-refractivity contribution in [3.8, 4) is 0 Å². The van der Waals surface area contributed by atoms with Crippen LogP contribution >= 0.6 is 0 Å². The number of carboxylic acid groups (broad SMARTS) is 1. The standard InChI is InChI=1S/C13H14O7/c1-6-4-3-5-8(7(6)2)12(18)20-13(19)10(15)9(14)11(16)17/h3-5,9-10,14-15H,1-2H3,(H,16,17). The molecule has 0 aromatic heterocycles. The minimum atomic E-state index is -2.35. The van der Waals surface area contributed by atoms with Crippen molar-refractivity contribution in [3.05, 3.63) is 34.9 Å². The quantitative estimate of drug-likeness (QED) is 0.516. The molecule has 0 fully saturated rings. The predicted molar refractivity (Wildman–Crippen MR) is 66.0 cm³/mol. The van der Waals surface area contributed by atoms with Gasteiger partial charge in [-0.2, -0.15) is 0 Å². The largest absolute Gasteiger partial charge is 0.479 e. The van der Waals surface area contributed by atoms with Crippen LogP contribution in [0.2, 0.25) is 0 Å². The number of aliphatic hydroxyl groups excluding tert-OH is 2. The number of aliphatic carboxylic acids is 1. The summed E-state index contributed by atoms with van der Waals surface area (Å²) >= 11 is 0. The Morgan fingerprint density at radius 2 is 1.70 bits per heavy atom. The summed E-state index contributed by atoms with van der Waals surface area (Å²) in [5, 5.41) is 26.6. The van der Waals surface area contributed by atoms with E-state index in [0.29, 0.717) is 5.56 Å². The van der Waals surface area contributed by atoms with E-state index in [-0.39, 0.29) is 5.56 Å². The zero-order valence-corrected chi connectivity index (χ0v) is 10.9. The molecule has 0 saturated carbocycles. The van der Waals surface area contributed by atoms with E-state index < -0.39 is 30.1 Å². The molecule has 1 aromatic carbocycles. The Morgan fingerprint density at radius 3 is 2.25 bits per heavy atom. The van der Waals surface area contributed by atoms with Gasteiger partial charge < -0.3 is 20.1 Å². The van der Waals surface area contributed by atoms with Crippen LogP contribution in [-0.4, -0.2) is 45.4 Å². The van der Waals surface area contributed by atoms with Gasteiger partial charge in [-0.15, -0.1) is 0 Å². The smallest absolute Gasteiger partial charge is 0.346 e. The van der Waals surface area contributed by atoms with Gasteiger partial charge in [0, 0.05) is 0 Å². The Hall–Kier alpha value is -2.25. The van der Waals surface area contributed by atoms with Crippen molar-refractivity contribution in [1.82, 2.24) is 0 Å². The van der Waals surface area contributed by atoms with Crippen molar-refractivity contribution in [1.29, 1.82) is 0 Å². The third kappa shape index (κ3) is 3.40. The number of rotatable bonds is 4. The number of carboxylic acids is 1. The molecule has 0 aliphatic carbocycles. The Bertz CT molecular complexity index is 550. The zero-order chi connectivity index (χ0) is 15.4. The fourth-order valence-electron chi connectivity index (χ4n) is 1.44. The summed E-state index contributed by atoms with van der Waals surface area (Å²) in [6.07, 6.45) is -4.68. The maximum Gasteiger partial charge on any atom is 0.346 e. The molecule has 0 bridgehead atoms. The van der Waals surface area contributed by atoms with E-state index in [4.69, 9.17) is 10.2 Å². The fourth-order valence-corrected chi connectivity index (χ4v) is 1.44. The molecule has 108 valence electrons. The van der Waals surface area contributed by atoms with Gasteiger partial charge in [0.1, 0.15) is 0 Å². The van der Waals surface area contributed by atoms with Crippen LogP contribution in [-0.2, 0) is 14.3 Å². The molecule has 1 rings (SSSR count). The van der Waals surface area contributed by atoms with E-state index in [0.717, 1.165) is 5.56 Å². The molecule has 0 amide bonds. The molecule has 0 aliphatic rings. The lowest BCUT2D eigenvalue weighted by Crippen LogP contribution is -2.41. The van der Waals surface area contributed by atoms with Gasteiger partial charge >= 0.3 is 17.9 Å². The third-order valence-corrected chi connectivity index (χ3v) is 2.81. The Labute approximate surface area is 114 Å². The second-order valence-corrected chi connectivity index (χ2v) is 4.18. The Morgan fingerprint density at radius 1 is 1.10 bits per heavy atom. The van der Waals surface area contributed by atoms with Gasteiger partial charge in [0.05, 0.1) is 5.56 Å². The number of ether oxygens (including phenoxy) is 1. The van der Waals surface area contributed by atoms with Crippen molar-refractivity contribution in [2.24, 2.45) is 0 Å². The number of hydrogen-bond acceptors (Lipinski definition) is 6. The number of aliphatic hydroxyl groups is 2. The molecule has 0 aliphatic heterocycles. The van der Waals surface area contributed by atoms with Crippen LogP contribution in [0.1, 0.15) is 21.5 Å². The lowest BCUT2D eigenvalue weighted by molar-refractivity contribution is -0.166. The topological polar surface area (TPSA) is 121 Å². The molecule has 2 atom stereocenters. The number of benzene rings is 1. The minimum absolute atomic E-state index is 0.121. The molecule has 0 radical (unpaired) electrons. The van der Waals surface area contributed by atoms with E-state index in [1.807, 2.05) is 0 Å². The summed E-state index contributed by atoms with van der Waals surface area (Å²) in [7, 11) is 0. The highest BCUT2D eigenvalue weighted by atomic mass is 16.6. The number of hydrogen-bond donors (Lipinski definition) is 3. The monoisotopic (exact) mass is 282 g/mol. The number of carbonyl (C=O) groups excluding carboxylic acids is 2. The average molecular weight is 282 g/mol. The summed E-state index contributed by atoms with van der Waals surface area (Å²) in [4.78, 5) is 33.5. The second kappa shape index (κ2) is 6.27. The zero-order valence-electron chi connectivity index (χ0n) is 10.9. The van der Waals surface area contributed by atoms with Crippen molar-refractivity contribution >= 4 is 17.9 Å². The first-order chi connectivity index (χ1) is 9.25. The van der Waals surface area contributed by atoms with Crippen LogP contribution in [0.5, 0.6) is 0 Å². The van der Waals surface area contributed by atoms with Gasteiger partial charge in [-0.05, 0) is 31.0 Å². The average Bonchev–Trinajstić information content (AvgIpc) is 2.39. The minimum Gasteiger partial charge on any atom is -0.479 e. The number of aryl methyl sites for hydroxylation is 1. The van der Waals surface area contributed by atoms with Crippen LogP contribution in [0, 0.1) is 13.8 Å². The molecule has 3 N–H and O–H groups in total. The highest BCUT2D eigenvalue weighted by Crippen LogP contribution is 2.14. The molecule has 2 unspecified atom stereocenters. The van der Waals surface area contributed by atoms with Crippen LogP contribution in [0.15, 0.2) is 18.2 Å². The second-order valence-electron chi connectivity index (χ2n) is 4.18. The molecule has 0 heterocycles. The predicted octanol–water partition coefficient (Wildman–Crippen LogP) is -0.207. The Balaban J connectivity index is 2.83. The van der Waals surface area contributed by atoms with Gasteiger partial charge in [-0.1, -0.05) is 12.1 Å². The maximum absolute atomic E-state index is 11.7. The third-order valence-electron chi connectivity index (χ3n) is 2.81. The normalized spacial score (nSPS) is 13.4. The molecular formula is C13H14O7. The lowest BCUT2D eigenvalue weighted by atomic mass is 10.0. The summed E-state index contributed by atoms with van der Waals surface area (Å²) in [6.45, 7) is 3.41. The van der Waals surface area contributed by atoms with E-state index in [1.165, 1.54) is 6.07 Å². The van der Waals surface area contributed by atoms with Gasteiger partial charge in [0.15, 0.2) is 12.2 Å². The van der Waals surface area contributed by atoms with Crippen molar-refractivity contribution in [2.75, 3.05) is 0 Å². The van der Waals surface area contributed by atoms with E-state index in [9.17, 15) is 19.5 Å². The maximum atomic E-state index is 11.7. The van der Waals surface area contributed by atoms with Gasteiger partial charge in [-0.25, -0.2) is 14.4 Å². The van der Waals surface area contributed by atoms with Crippen LogP contribution in [0.4, 0.5) is 0 Å². The molecule has 7 heteroatoms.